The SMILES string of the molecule is [2H]c1c([2H])c([2H])c(-c2c3ccccc3c(-c3cccc4c3oc3c5ccccc5ccc43)c3ccccc23)c([2H])c1[2H].c1ccc(-c2c3ccccc3c(-c3ccc(-c4cccc5c4oc4ccc6ccccc6c45)cc3)c3ccccc23)cc1.c1ccc(-c2c3ccccc3c(-c3ccc(-c4cccc5oc6ccc7ccccc7c6c45)cc3)c3ccccc23)cc1. The van der Waals surface area contributed by atoms with Crippen molar-refractivity contribution in [2.45, 2.75) is 0 Å². The Hall–Kier alpha value is -16.2. The quantitative estimate of drug-likeness (QED) is 0.142. The van der Waals surface area contributed by atoms with Crippen molar-refractivity contribution in [3.63, 3.8) is 0 Å². The molecular formula is C120H74O3. The fraction of sp³-hybridized carbons (Fsp3) is 0. The Morgan fingerprint density at radius 2 is 0.455 bits per heavy atom. The van der Waals surface area contributed by atoms with Crippen LogP contribution in [0.3, 0.4) is 0 Å². The maximum atomic E-state index is 8.79. The van der Waals surface area contributed by atoms with Gasteiger partial charge in [0.15, 0.2) is 0 Å². The van der Waals surface area contributed by atoms with Crippen molar-refractivity contribution >= 4 is 163 Å². The van der Waals surface area contributed by atoms with E-state index in [4.69, 9.17) is 20.1 Å². The van der Waals surface area contributed by atoms with Gasteiger partial charge in [-0.1, -0.05) is 425 Å². The van der Waals surface area contributed by atoms with Gasteiger partial charge in [-0.2, -0.15) is 0 Å². The van der Waals surface area contributed by atoms with Crippen LogP contribution >= 0.6 is 0 Å². The first-order chi connectivity index (χ1) is 63.1. The number of hydrogen-bond acceptors (Lipinski definition) is 3. The van der Waals surface area contributed by atoms with Crippen molar-refractivity contribution in [3.8, 4) is 89.0 Å². The lowest BCUT2D eigenvalue weighted by Crippen LogP contribution is -1.90. The van der Waals surface area contributed by atoms with Gasteiger partial charge < -0.3 is 13.3 Å². The molecule has 3 aromatic heterocycles. The number of benzene rings is 23. The summed E-state index contributed by atoms with van der Waals surface area (Å²) in [6.07, 6.45) is 0. The van der Waals surface area contributed by atoms with Gasteiger partial charge in [-0.15, -0.1) is 0 Å². The summed E-state index contributed by atoms with van der Waals surface area (Å²) in [4.78, 5) is 0. The summed E-state index contributed by atoms with van der Waals surface area (Å²) >= 11 is 0. The molecule has 23 aromatic carbocycles. The van der Waals surface area contributed by atoms with Crippen molar-refractivity contribution in [2.24, 2.45) is 0 Å². The van der Waals surface area contributed by atoms with Crippen molar-refractivity contribution < 1.29 is 20.1 Å². The van der Waals surface area contributed by atoms with Gasteiger partial charge in [-0.3, -0.25) is 0 Å². The lowest BCUT2D eigenvalue weighted by atomic mass is 9.85. The third kappa shape index (κ3) is 11.7. The second-order valence-electron chi connectivity index (χ2n) is 31.7. The van der Waals surface area contributed by atoms with E-state index in [1.165, 1.54) is 136 Å². The molecule has 0 spiro atoms. The minimum Gasteiger partial charge on any atom is -0.456 e. The second kappa shape index (κ2) is 29.4. The largest absolute Gasteiger partial charge is 0.456 e. The highest BCUT2D eigenvalue weighted by Gasteiger charge is 2.25. The summed E-state index contributed by atoms with van der Waals surface area (Å²) in [6, 6.07) is 146. The summed E-state index contributed by atoms with van der Waals surface area (Å²) in [7, 11) is 0. The zero-order valence-electron chi connectivity index (χ0n) is 71.6. The lowest BCUT2D eigenvalue weighted by molar-refractivity contribution is 0.669. The first kappa shape index (κ1) is 65.8. The van der Waals surface area contributed by atoms with Gasteiger partial charge in [0.05, 0.1) is 6.85 Å². The molecule has 3 heterocycles. The van der Waals surface area contributed by atoms with Crippen LogP contribution in [0.1, 0.15) is 6.85 Å². The van der Waals surface area contributed by atoms with Gasteiger partial charge in [0.25, 0.3) is 0 Å². The average molecular weight is 1570 g/mol. The van der Waals surface area contributed by atoms with Crippen LogP contribution in [0.4, 0.5) is 0 Å². The van der Waals surface area contributed by atoms with Crippen LogP contribution in [0.15, 0.2) is 462 Å². The summed E-state index contributed by atoms with van der Waals surface area (Å²) in [5.74, 6) is 0. The number of para-hydroxylation sites is 2. The molecule has 0 saturated heterocycles. The summed E-state index contributed by atoms with van der Waals surface area (Å²) in [6.45, 7) is 0. The van der Waals surface area contributed by atoms with E-state index in [-0.39, 0.29) is 29.7 Å². The first-order valence-corrected chi connectivity index (χ1v) is 41.8. The summed E-state index contributed by atoms with van der Waals surface area (Å²) < 4.78 is 62.0. The minimum absolute atomic E-state index is 0.202. The minimum atomic E-state index is -0.400. The Labute approximate surface area is 716 Å². The van der Waals surface area contributed by atoms with Crippen molar-refractivity contribution in [1.82, 2.24) is 0 Å². The molecule has 3 heteroatoms. The molecule has 572 valence electrons. The van der Waals surface area contributed by atoms with Crippen LogP contribution in [0, 0.1) is 0 Å². The fourth-order valence-corrected chi connectivity index (χ4v) is 19.8. The molecule has 0 aliphatic heterocycles. The Morgan fingerprint density at radius 3 is 0.935 bits per heavy atom. The van der Waals surface area contributed by atoms with E-state index >= 15 is 0 Å². The Kier molecular flexibility index (Phi) is 15.7. The molecule has 0 saturated carbocycles. The monoisotopic (exact) mass is 1570 g/mol. The molecule has 0 atom stereocenters. The average Bonchev–Trinajstić information content (AvgIpc) is 0.981. The number of hydrogen-bond donors (Lipinski definition) is 0. The fourth-order valence-electron chi connectivity index (χ4n) is 19.8. The predicted octanol–water partition coefficient (Wildman–Crippen LogP) is 34.5. The number of furan rings is 3. The Bertz CT molecular complexity index is 8860. The predicted molar refractivity (Wildman–Crippen MR) is 522 cm³/mol. The Morgan fingerprint density at radius 1 is 0.146 bits per heavy atom. The van der Waals surface area contributed by atoms with Crippen LogP contribution < -0.4 is 0 Å². The zero-order valence-corrected chi connectivity index (χ0v) is 66.6. The van der Waals surface area contributed by atoms with E-state index in [0.29, 0.717) is 5.56 Å². The van der Waals surface area contributed by atoms with Crippen LogP contribution in [0.5, 0.6) is 0 Å². The maximum Gasteiger partial charge on any atom is 0.143 e. The number of rotatable bonds is 8. The molecule has 0 fully saturated rings. The molecule has 3 nitrogen and oxygen atoms in total. The van der Waals surface area contributed by atoms with Crippen LogP contribution in [-0.4, -0.2) is 0 Å². The molecule has 26 aromatic rings. The standard InChI is InChI=1S/2C42H26O.C36H22O/c1-2-12-29(13-3-1)39-33-15-6-8-17-35(33)40(36-18-9-7-16-34(36)39)30-23-21-28(22-24-30)32-19-10-20-37-41(32)42-31-14-5-4-11-27(31)25-26-38(42)43-37;1-2-12-29(13-3-1)39-33-15-6-8-17-35(33)40(36-18-9-7-16-34(36)39)30-23-21-28(22-24-30)32-19-10-20-37-41-31-14-5-4-11-27(31)25-26-38(41)43-42(32)37;1-2-12-24(13-3-1)33-26-15-6-8-17-28(26)34(29-18-9-7-16-27(29)33)32-20-10-19-30-31-22-21-23-11-4-5-14-25(23)35(31)37-36(30)32/h2*1-26H;1-22H/i;;1D,2D,3D,12D,13D. The van der Waals surface area contributed by atoms with E-state index in [0.717, 1.165) is 104 Å². The van der Waals surface area contributed by atoms with Crippen LogP contribution in [-0.2, 0) is 0 Å². The second-order valence-corrected chi connectivity index (χ2v) is 31.7. The van der Waals surface area contributed by atoms with Crippen LogP contribution in [0.2, 0.25) is 0 Å². The maximum absolute atomic E-state index is 8.79. The molecule has 0 radical (unpaired) electrons. The van der Waals surface area contributed by atoms with Crippen LogP contribution in [0.25, 0.3) is 252 Å². The normalized spacial score (nSPS) is 12.3. The van der Waals surface area contributed by atoms with Crippen molar-refractivity contribution in [1.29, 1.82) is 0 Å². The molecule has 0 bridgehead atoms. The molecule has 123 heavy (non-hydrogen) atoms. The van der Waals surface area contributed by atoms with E-state index in [2.05, 4.69) is 358 Å². The van der Waals surface area contributed by atoms with Gasteiger partial charge in [0.1, 0.15) is 33.5 Å². The molecule has 0 N–H and O–H groups in total. The van der Waals surface area contributed by atoms with E-state index in [1.54, 1.807) is 0 Å². The number of fused-ring (bicyclic) bond motifs is 21. The van der Waals surface area contributed by atoms with Gasteiger partial charge in [0.2, 0.25) is 0 Å². The lowest BCUT2D eigenvalue weighted by Gasteiger charge is -2.18. The summed E-state index contributed by atoms with van der Waals surface area (Å²) in [5, 5.41) is 27.4. The van der Waals surface area contributed by atoms with Gasteiger partial charge >= 0.3 is 0 Å². The van der Waals surface area contributed by atoms with Gasteiger partial charge in [-0.05, 0) is 188 Å². The van der Waals surface area contributed by atoms with E-state index in [1.807, 2.05) is 60.7 Å². The third-order valence-corrected chi connectivity index (χ3v) is 25.1. The van der Waals surface area contributed by atoms with Gasteiger partial charge in [-0.25, -0.2) is 0 Å². The van der Waals surface area contributed by atoms with E-state index in [9.17, 15) is 0 Å². The van der Waals surface area contributed by atoms with Crippen molar-refractivity contribution in [3.05, 3.63) is 449 Å². The highest BCUT2D eigenvalue weighted by Crippen LogP contribution is 2.51. The highest BCUT2D eigenvalue weighted by molar-refractivity contribution is 6.29. The molecule has 0 aliphatic carbocycles. The zero-order chi connectivity index (χ0) is 85.4. The first-order valence-electron chi connectivity index (χ1n) is 44.3. The smallest absolute Gasteiger partial charge is 0.143 e. The molecular weight excluding hydrogens is 1490 g/mol. The highest BCUT2D eigenvalue weighted by atomic mass is 16.3. The molecule has 0 aliphatic rings. The van der Waals surface area contributed by atoms with Gasteiger partial charge in [0, 0.05) is 54.4 Å². The van der Waals surface area contributed by atoms with Crippen molar-refractivity contribution in [2.75, 3.05) is 0 Å². The molecule has 0 amide bonds. The third-order valence-electron chi connectivity index (χ3n) is 25.1. The Balaban J connectivity index is 0.000000107. The molecule has 26 rings (SSSR count). The summed E-state index contributed by atoms with van der Waals surface area (Å²) in [5.41, 5.74) is 22.7. The topological polar surface area (TPSA) is 39.4 Å². The van der Waals surface area contributed by atoms with E-state index < -0.39 is 6.04 Å². The molecule has 0 unspecified atom stereocenters.